The van der Waals surface area contributed by atoms with E-state index in [-0.39, 0.29) is 17.9 Å². The third kappa shape index (κ3) is 4.01. The lowest BCUT2D eigenvalue weighted by atomic mass is 9.92. The Balaban J connectivity index is 1.42. The Hall–Kier alpha value is -2.96. The highest BCUT2D eigenvalue weighted by Crippen LogP contribution is 2.38. The largest absolute Gasteiger partial charge is 0.368 e. The average Bonchev–Trinajstić information content (AvgIpc) is 3.51. The standard InChI is InChI=1S/C25H24N2O3S/c28-24(21-10-5-14-30-21)26-19-9-4-8-18(16-19)25(29)27-13-11-22-20(12-15-31-22)23(27)17-6-2-1-3-7-17/h1-4,6-9,12,15-16,21,23H,5,10-11,13-14H2,(H,26,28)/t21-,23+/m0/s1. The molecule has 2 aromatic carbocycles. The fourth-order valence-corrected chi connectivity index (χ4v) is 5.34. The summed E-state index contributed by atoms with van der Waals surface area (Å²) in [6.07, 6.45) is 2.09. The van der Waals surface area contributed by atoms with Crippen LogP contribution in [0.25, 0.3) is 0 Å². The fraction of sp³-hybridized carbons (Fsp3) is 0.280. The van der Waals surface area contributed by atoms with Gasteiger partial charge in [-0.25, -0.2) is 0 Å². The van der Waals surface area contributed by atoms with Crippen LogP contribution in [0.4, 0.5) is 5.69 Å². The molecule has 31 heavy (non-hydrogen) atoms. The minimum Gasteiger partial charge on any atom is -0.368 e. The molecule has 5 nitrogen and oxygen atoms in total. The zero-order valence-corrected chi connectivity index (χ0v) is 17.9. The number of fused-ring (bicyclic) bond motifs is 1. The van der Waals surface area contributed by atoms with Gasteiger partial charge in [-0.2, -0.15) is 0 Å². The second kappa shape index (κ2) is 8.65. The first-order valence-corrected chi connectivity index (χ1v) is 11.5. The van der Waals surface area contributed by atoms with Gasteiger partial charge in [0.25, 0.3) is 11.8 Å². The van der Waals surface area contributed by atoms with E-state index in [0.29, 0.717) is 24.4 Å². The van der Waals surface area contributed by atoms with Gasteiger partial charge in [0.2, 0.25) is 0 Å². The summed E-state index contributed by atoms with van der Waals surface area (Å²) in [6, 6.07) is 19.4. The quantitative estimate of drug-likeness (QED) is 0.653. The van der Waals surface area contributed by atoms with Crippen LogP contribution in [0, 0.1) is 0 Å². The van der Waals surface area contributed by atoms with Crippen molar-refractivity contribution >= 4 is 28.8 Å². The fourth-order valence-electron chi connectivity index (χ4n) is 4.43. The molecule has 2 atom stereocenters. The number of amides is 2. The Bertz CT molecular complexity index is 1090. The molecule has 3 aromatic rings. The van der Waals surface area contributed by atoms with Gasteiger partial charge in [0.05, 0.1) is 6.04 Å². The van der Waals surface area contributed by atoms with Crippen LogP contribution < -0.4 is 5.32 Å². The smallest absolute Gasteiger partial charge is 0.254 e. The van der Waals surface area contributed by atoms with Gasteiger partial charge in [0.15, 0.2) is 0 Å². The van der Waals surface area contributed by atoms with E-state index in [0.717, 1.165) is 24.8 Å². The summed E-state index contributed by atoms with van der Waals surface area (Å²) in [5, 5.41) is 5.01. The number of carbonyl (C=O) groups is 2. The van der Waals surface area contributed by atoms with Crippen molar-refractivity contribution < 1.29 is 14.3 Å². The first-order chi connectivity index (χ1) is 15.2. The van der Waals surface area contributed by atoms with Crippen LogP contribution in [-0.4, -0.2) is 36.0 Å². The van der Waals surface area contributed by atoms with Crippen molar-refractivity contribution in [2.75, 3.05) is 18.5 Å². The first kappa shape index (κ1) is 20.0. The molecule has 5 rings (SSSR count). The second-order valence-electron chi connectivity index (χ2n) is 7.93. The lowest BCUT2D eigenvalue weighted by Crippen LogP contribution is -2.40. The molecule has 1 N–H and O–H groups in total. The minimum atomic E-state index is -0.402. The number of hydrogen-bond donors (Lipinski definition) is 1. The van der Waals surface area contributed by atoms with Crippen molar-refractivity contribution in [2.24, 2.45) is 0 Å². The summed E-state index contributed by atoms with van der Waals surface area (Å²) in [5.41, 5.74) is 3.51. The maximum absolute atomic E-state index is 13.6. The Morgan fingerprint density at radius 2 is 1.94 bits per heavy atom. The van der Waals surface area contributed by atoms with Crippen molar-refractivity contribution in [1.29, 1.82) is 0 Å². The van der Waals surface area contributed by atoms with Gasteiger partial charge >= 0.3 is 0 Å². The molecule has 0 saturated carbocycles. The van der Waals surface area contributed by atoms with Crippen molar-refractivity contribution in [3.8, 4) is 0 Å². The molecule has 1 saturated heterocycles. The zero-order valence-electron chi connectivity index (χ0n) is 17.1. The van der Waals surface area contributed by atoms with E-state index in [1.807, 2.05) is 41.3 Å². The summed E-state index contributed by atoms with van der Waals surface area (Å²) < 4.78 is 5.46. The molecule has 3 heterocycles. The maximum Gasteiger partial charge on any atom is 0.254 e. The Morgan fingerprint density at radius 1 is 1.06 bits per heavy atom. The molecule has 2 aliphatic rings. The number of benzene rings is 2. The molecule has 158 valence electrons. The van der Waals surface area contributed by atoms with Crippen molar-refractivity contribution in [1.82, 2.24) is 4.90 Å². The highest BCUT2D eigenvalue weighted by molar-refractivity contribution is 7.10. The topological polar surface area (TPSA) is 58.6 Å². The average molecular weight is 433 g/mol. The van der Waals surface area contributed by atoms with E-state index in [4.69, 9.17) is 4.74 Å². The third-order valence-corrected chi connectivity index (χ3v) is 6.94. The molecule has 0 bridgehead atoms. The zero-order chi connectivity index (χ0) is 21.2. The maximum atomic E-state index is 13.6. The summed E-state index contributed by atoms with van der Waals surface area (Å²) in [6.45, 7) is 1.29. The lowest BCUT2D eigenvalue weighted by Gasteiger charge is -2.36. The van der Waals surface area contributed by atoms with Crippen LogP contribution in [0.15, 0.2) is 66.0 Å². The van der Waals surface area contributed by atoms with Gasteiger partial charge in [-0.05, 0) is 60.0 Å². The van der Waals surface area contributed by atoms with Gasteiger partial charge < -0.3 is 15.0 Å². The molecule has 0 spiro atoms. The van der Waals surface area contributed by atoms with E-state index in [2.05, 4.69) is 28.9 Å². The SMILES string of the molecule is O=C(Nc1cccc(C(=O)N2CCc3sccc3[C@H]2c2ccccc2)c1)[C@@H]1CCCO1. The van der Waals surface area contributed by atoms with Crippen molar-refractivity contribution in [3.05, 3.63) is 87.6 Å². The van der Waals surface area contributed by atoms with E-state index < -0.39 is 6.10 Å². The lowest BCUT2D eigenvalue weighted by molar-refractivity contribution is -0.124. The highest BCUT2D eigenvalue weighted by atomic mass is 32.1. The summed E-state index contributed by atoms with van der Waals surface area (Å²) in [4.78, 5) is 29.3. The molecule has 0 aliphatic carbocycles. The molecular weight excluding hydrogens is 408 g/mol. The number of hydrogen-bond acceptors (Lipinski definition) is 4. The highest BCUT2D eigenvalue weighted by Gasteiger charge is 2.33. The van der Waals surface area contributed by atoms with Crippen molar-refractivity contribution in [2.45, 2.75) is 31.4 Å². The summed E-state index contributed by atoms with van der Waals surface area (Å²) in [5.74, 6) is -0.177. The van der Waals surface area contributed by atoms with Gasteiger partial charge in [0, 0.05) is 29.3 Å². The van der Waals surface area contributed by atoms with E-state index in [1.54, 1.807) is 17.4 Å². The number of rotatable bonds is 4. The third-order valence-electron chi connectivity index (χ3n) is 5.94. The number of nitrogens with zero attached hydrogens (tertiary/aromatic N) is 1. The molecule has 0 unspecified atom stereocenters. The number of thiophene rings is 1. The number of ether oxygens (including phenoxy) is 1. The van der Waals surface area contributed by atoms with Crippen LogP contribution >= 0.6 is 11.3 Å². The van der Waals surface area contributed by atoms with Crippen LogP contribution in [0.3, 0.4) is 0 Å². The van der Waals surface area contributed by atoms with Gasteiger partial charge in [-0.1, -0.05) is 36.4 Å². The molecule has 1 aromatic heterocycles. The number of carbonyl (C=O) groups excluding carboxylic acids is 2. The summed E-state index contributed by atoms with van der Waals surface area (Å²) in [7, 11) is 0. The normalized spacial score (nSPS) is 20.3. The van der Waals surface area contributed by atoms with E-state index >= 15 is 0 Å². The van der Waals surface area contributed by atoms with E-state index in [1.165, 1.54) is 10.4 Å². The van der Waals surface area contributed by atoms with E-state index in [9.17, 15) is 9.59 Å². The predicted octanol–water partition coefficient (Wildman–Crippen LogP) is 4.65. The predicted molar refractivity (Wildman–Crippen MR) is 121 cm³/mol. The van der Waals surface area contributed by atoms with Gasteiger partial charge in [-0.15, -0.1) is 11.3 Å². The Labute approximate surface area is 185 Å². The Kier molecular flexibility index (Phi) is 5.57. The van der Waals surface area contributed by atoms with Gasteiger partial charge in [-0.3, -0.25) is 9.59 Å². The van der Waals surface area contributed by atoms with Gasteiger partial charge in [0.1, 0.15) is 6.10 Å². The van der Waals surface area contributed by atoms with Crippen LogP contribution in [0.1, 0.15) is 45.2 Å². The number of nitrogens with one attached hydrogen (secondary N) is 1. The molecular formula is C25H24N2O3S. The molecule has 2 aliphatic heterocycles. The van der Waals surface area contributed by atoms with Crippen LogP contribution in [-0.2, 0) is 16.0 Å². The van der Waals surface area contributed by atoms with Crippen LogP contribution in [0.2, 0.25) is 0 Å². The van der Waals surface area contributed by atoms with Crippen LogP contribution in [0.5, 0.6) is 0 Å². The minimum absolute atomic E-state index is 0.0288. The second-order valence-corrected chi connectivity index (χ2v) is 8.93. The summed E-state index contributed by atoms with van der Waals surface area (Å²) >= 11 is 1.76. The van der Waals surface area contributed by atoms with Crippen molar-refractivity contribution in [3.63, 3.8) is 0 Å². The molecule has 2 amide bonds. The first-order valence-electron chi connectivity index (χ1n) is 10.7. The number of anilines is 1. The molecule has 1 fully saturated rings. The monoisotopic (exact) mass is 432 g/mol. The molecule has 0 radical (unpaired) electrons. The molecule has 6 heteroatoms. The Morgan fingerprint density at radius 3 is 2.74 bits per heavy atom.